The number of carbonyl (C=O) groups excluding carboxylic acids is 1. The van der Waals surface area contributed by atoms with Crippen LogP contribution in [0.1, 0.15) is 22.8 Å². The fraction of sp³-hybridized carbons (Fsp3) is 0.167. The van der Waals surface area contributed by atoms with Crippen LogP contribution in [0.3, 0.4) is 0 Å². The normalized spacial score (nSPS) is 10.4. The highest BCUT2D eigenvalue weighted by Gasteiger charge is 2.15. The molecule has 94 valence electrons. The summed E-state index contributed by atoms with van der Waals surface area (Å²) in [5, 5.41) is 8.94. The Hall–Kier alpha value is -1.88. The number of rotatable bonds is 3. The molecule has 0 fully saturated rings. The molecular formula is C12H11ClFN3O. The second kappa shape index (κ2) is 5.18. The number of nitrogens with one attached hydrogen (secondary N) is 2. The van der Waals surface area contributed by atoms with Gasteiger partial charge in [0.2, 0.25) is 0 Å². The smallest absolute Gasteiger partial charge is 0.258 e. The van der Waals surface area contributed by atoms with Crippen molar-refractivity contribution in [3.8, 4) is 0 Å². The number of amides is 1. The number of nitrogens with zero attached hydrogens (tertiary/aromatic N) is 1. The highest BCUT2D eigenvalue weighted by atomic mass is 35.5. The van der Waals surface area contributed by atoms with Gasteiger partial charge in [0.1, 0.15) is 11.6 Å². The maximum Gasteiger partial charge on any atom is 0.258 e. The monoisotopic (exact) mass is 267 g/mol. The van der Waals surface area contributed by atoms with Crippen molar-refractivity contribution in [1.82, 2.24) is 10.2 Å². The van der Waals surface area contributed by atoms with Crippen LogP contribution in [-0.2, 0) is 6.42 Å². The Kier molecular flexibility index (Phi) is 3.62. The standard InChI is InChI=1S/C12H11ClFN3O/c1-2-7-6-15-17-11(7)16-12(18)8-4-3-5-9(14)10(8)13/h3-6H,2H2,1H3,(H2,15,16,17,18). The topological polar surface area (TPSA) is 57.8 Å². The molecule has 0 spiro atoms. The quantitative estimate of drug-likeness (QED) is 0.898. The van der Waals surface area contributed by atoms with Crippen molar-refractivity contribution >= 4 is 23.3 Å². The molecule has 1 heterocycles. The summed E-state index contributed by atoms with van der Waals surface area (Å²) in [7, 11) is 0. The Bertz CT molecular complexity index is 582. The largest absolute Gasteiger partial charge is 0.307 e. The van der Waals surface area contributed by atoms with Gasteiger partial charge < -0.3 is 5.32 Å². The Labute approximate surface area is 108 Å². The Morgan fingerprint density at radius 3 is 3.06 bits per heavy atom. The molecule has 0 aliphatic rings. The number of hydrogen-bond acceptors (Lipinski definition) is 2. The minimum absolute atomic E-state index is 0.0910. The first-order valence-electron chi connectivity index (χ1n) is 5.41. The highest BCUT2D eigenvalue weighted by molar-refractivity contribution is 6.34. The lowest BCUT2D eigenvalue weighted by Crippen LogP contribution is -2.14. The Balaban J connectivity index is 2.25. The molecular weight excluding hydrogens is 257 g/mol. The summed E-state index contributed by atoms with van der Waals surface area (Å²) < 4.78 is 13.2. The number of aryl methyl sites for hydroxylation is 1. The van der Waals surface area contributed by atoms with Crippen LogP contribution in [0.25, 0.3) is 0 Å². The van der Waals surface area contributed by atoms with E-state index in [9.17, 15) is 9.18 Å². The minimum atomic E-state index is -0.621. The van der Waals surface area contributed by atoms with E-state index in [1.54, 1.807) is 6.20 Å². The summed E-state index contributed by atoms with van der Waals surface area (Å²) in [4.78, 5) is 11.9. The molecule has 4 nitrogen and oxygen atoms in total. The molecule has 0 bridgehead atoms. The third-order valence-corrected chi connectivity index (χ3v) is 2.92. The summed E-state index contributed by atoms with van der Waals surface area (Å²) in [5.41, 5.74) is 0.962. The molecule has 0 aliphatic heterocycles. The van der Waals surface area contributed by atoms with Crippen molar-refractivity contribution in [2.75, 3.05) is 5.32 Å². The zero-order valence-electron chi connectivity index (χ0n) is 9.63. The van der Waals surface area contributed by atoms with Crippen LogP contribution in [0.15, 0.2) is 24.4 Å². The first kappa shape index (κ1) is 12.6. The third-order valence-electron chi connectivity index (χ3n) is 2.53. The average Bonchev–Trinajstić information content (AvgIpc) is 2.79. The summed E-state index contributed by atoms with van der Waals surface area (Å²) in [6.07, 6.45) is 2.35. The van der Waals surface area contributed by atoms with E-state index in [1.807, 2.05) is 6.92 Å². The summed E-state index contributed by atoms with van der Waals surface area (Å²) >= 11 is 5.74. The molecule has 2 rings (SSSR count). The van der Waals surface area contributed by atoms with Crippen molar-refractivity contribution in [1.29, 1.82) is 0 Å². The van der Waals surface area contributed by atoms with E-state index in [2.05, 4.69) is 15.5 Å². The van der Waals surface area contributed by atoms with Crippen LogP contribution in [0.4, 0.5) is 10.2 Å². The highest BCUT2D eigenvalue weighted by Crippen LogP contribution is 2.21. The first-order chi connectivity index (χ1) is 8.63. The molecule has 0 saturated carbocycles. The van der Waals surface area contributed by atoms with Crippen molar-refractivity contribution in [3.05, 3.63) is 46.4 Å². The van der Waals surface area contributed by atoms with Gasteiger partial charge >= 0.3 is 0 Å². The minimum Gasteiger partial charge on any atom is -0.307 e. The lowest BCUT2D eigenvalue weighted by atomic mass is 10.2. The molecule has 2 aromatic rings. The number of aromatic amines is 1. The Morgan fingerprint density at radius 2 is 2.33 bits per heavy atom. The van der Waals surface area contributed by atoms with Crippen LogP contribution in [0.2, 0.25) is 5.02 Å². The second-order valence-corrected chi connectivity index (χ2v) is 4.06. The maximum atomic E-state index is 13.2. The predicted octanol–water partition coefficient (Wildman–Crippen LogP) is 3.02. The van der Waals surface area contributed by atoms with Gasteiger partial charge in [0, 0.05) is 5.56 Å². The van der Waals surface area contributed by atoms with Gasteiger partial charge in [0.15, 0.2) is 0 Å². The van der Waals surface area contributed by atoms with Crippen molar-refractivity contribution in [2.24, 2.45) is 0 Å². The number of anilines is 1. The SMILES string of the molecule is CCc1cn[nH]c1NC(=O)c1cccc(F)c1Cl. The van der Waals surface area contributed by atoms with Crippen molar-refractivity contribution < 1.29 is 9.18 Å². The van der Waals surface area contributed by atoms with Gasteiger partial charge in [-0.2, -0.15) is 5.10 Å². The van der Waals surface area contributed by atoms with Crippen molar-refractivity contribution in [2.45, 2.75) is 13.3 Å². The number of H-pyrrole nitrogens is 1. The average molecular weight is 268 g/mol. The number of benzene rings is 1. The zero-order valence-corrected chi connectivity index (χ0v) is 10.4. The number of halogens is 2. The van der Waals surface area contributed by atoms with E-state index >= 15 is 0 Å². The fourth-order valence-corrected chi connectivity index (χ4v) is 1.76. The molecule has 1 aromatic carbocycles. The number of aromatic nitrogens is 2. The van der Waals surface area contributed by atoms with Gasteiger partial charge in [-0.1, -0.05) is 24.6 Å². The van der Waals surface area contributed by atoms with Gasteiger partial charge in [0.25, 0.3) is 5.91 Å². The van der Waals surface area contributed by atoms with Gasteiger partial charge in [-0.05, 0) is 18.6 Å². The van der Waals surface area contributed by atoms with Gasteiger partial charge in [0.05, 0.1) is 16.8 Å². The van der Waals surface area contributed by atoms with Crippen LogP contribution in [0.5, 0.6) is 0 Å². The molecule has 1 aromatic heterocycles. The maximum absolute atomic E-state index is 13.2. The van der Waals surface area contributed by atoms with E-state index in [0.29, 0.717) is 5.82 Å². The van der Waals surface area contributed by atoms with E-state index in [4.69, 9.17) is 11.6 Å². The molecule has 0 aliphatic carbocycles. The first-order valence-corrected chi connectivity index (χ1v) is 5.79. The number of hydrogen-bond donors (Lipinski definition) is 2. The van der Waals surface area contributed by atoms with Gasteiger partial charge in [-0.3, -0.25) is 9.89 Å². The predicted molar refractivity (Wildman–Crippen MR) is 67.3 cm³/mol. The molecule has 0 saturated heterocycles. The van der Waals surface area contributed by atoms with Crippen LogP contribution < -0.4 is 5.32 Å². The van der Waals surface area contributed by atoms with Crippen LogP contribution in [0, 0.1) is 5.82 Å². The third kappa shape index (κ3) is 2.36. The fourth-order valence-electron chi connectivity index (χ4n) is 1.55. The number of carbonyl (C=O) groups is 1. The summed E-state index contributed by atoms with van der Waals surface area (Å²) in [6, 6.07) is 4.10. The van der Waals surface area contributed by atoms with E-state index in [-0.39, 0.29) is 10.6 Å². The van der Waals surface area contributed by atoms with E-state index in [1.165, 1.54) is 18.2 Å². The molecule has 0 atom stereocenters. The molecule has 6 heteroatoms. The van der Waals surface area contributed by atoms with Gasteiger partial charge in [-0.25, -0.2) is 4.39 Å². The second-order valence-electron chi connectivity index (χ2n) is 3.68. The lowest BCUT2D eigenvalue weighted by molar-refractivity contribution is 0.102. The van der Waals surface area contributed by atoms with Crippen LogP contribution >= 0.6 is 11.6 Å². The zero-order chi connectivity index (χ0) is 13.1. The van der Waals surface area contributed by atoms with Crippen LogP contribution in [-0.4, -0.2) is 16.1 Å². The molecule has 18 heavy (non-hydrogen) atoms. The van der Waals surface area contributed by atoms with Gasteiger partial charge in [-0.15, -0.1) is 0 Å². The molecule has 0 radical (unpaired) electrons. The summed E-state index contributed by atoms with van der Waals surface area (Å²) in [5.74, 6) is -0.592. The lowest BCUT2D eigenvalue weighted by Gasteiger charge is -2.06. The summed E-state index contributed by atoms with van der Waals surface area (Å²) in [6.45, 7) is 1.94. The molecule has 1 amide bonds. The van der Waals surface area contributed by atoms with Crippen molar-refractivity contribution in [3.63, 3.8) is 0 Å². The van der Waals surface area contributed by atoms with E-state index < -0.39 is 11.7 Å². The Morgan fingerprint density at radius 1 is 1.56 bits per heavy atom. The molecule has 2 N–H and O–H groups in total. The van der Waals surface area contributed by atoms with E-state index in [0.717, 1.165) is 12.0 Å². The molecule has 0 unspecified atom stereocenters.